The van der Waals surface area contributed by atoms with Crippen LogP contribution in [0.2, 0.25) is 0 Å². The van der Waals surface area contributed by atoms with Crippen LogP contribution in [-0.4, -0.2) is 38.8 Å². The van der Waals surface area contributed by atoms with Gasteiger partial charge in [-0.1, -0.05) is 13.8 Å². The molecule has 0 aromatic rings. The molecule has 2 N–H and O–H groups in total. The van der Waals surface area contributed by atoms with Crippen molar-refractivity contribution in [2.45, 2.75) is 25.7 Å². The largest absolute Gasteiger partial charge is 0.379 e. The highest BCUT2D eigenvalue weighted by atomic mass is 16.8. The van der Waals surface area contributed by atoms with Crippen molar-refractivity contribution in [2.24, 2.45) is 11.7 Å². The fourth-order valence-corrected chi connectivity index (χ4v) is 1.45. The van der Waals surface area contributed by atoms with Gasteiger partial charge in [0.1, 0.15) is 6.61 Å². The molecule has 0 bridgehead atoms. The summed E-state index contributed by atoms with van der Waals surface area (Å²) >= 11 is 0. The number of nitrogens with two attached hydrogens (primary N) is 1. The van der Waals surface area contributed by atoms with Gasteiger partial charge in [-0.25, -0.2) is 0 Å². The minimum Gasteiger partial charge on any atom is -0.379 e. The van der Waals surface area contributed by atoms with Crippen LogP contribution in [0.1, 0.15) is 13.8 Å². The second kappa shape index (κ2) is 4.37. The zero-order chi connectivity index (χ0) is 9.90. The Morgan fingerprint density at radius 1 is 1.62 bits per heavy atom. The fourth-order valence-electron chi connectivity index (χ4n) is 1.45. The van der Waals surface area contributed by atoms with E-state index in [1.165, 1.54) is 0 Å². The van der Waals surface area contributed by atoms with Crippen LogP contribution in [0, 0.1) is 5.92 Å². The van der Waals surface area contributed by atoms with Crippen molar-refractivity contribution in [1.82, 2.24) is 0 Å². The molecule has 13 heavy (non-hydrogen) atoms. The maximum atomic E-state index is 5.73. The third-order valence-corrected chi connectivity index (χ3v) is 2.37. The lowest BCUT2D eigenvalue weighted by Gasteiger charge is -2.31. The quantitative estimate of drug-likeness (QED) is 0.693. The summed E-state index contributed by atoms with van der Waals surface area (Å²) in [4.78, 5) is 0. The second-order valence-corrected chi connectivity index (χ2v) is 3.69. The van der Waals surface area contributed by atoms with Crippen molar-refractivity contribution in [3.63, 3.8) is 0 Å². The van der Waals surface area contributed by atoms with Gasteiger partial charge >= 0.3 is 0 Å². The summed E-state index contributed by atoms with van der Waals surface area (Å²) in [5.41, 5.74) is 5.51. The summed E-state index contributed by atoms with van der Waals surface area (Å²) in [5, 5.41) is 0. The minimum atomic E-state index is -0.585. The summed E-state index contributed by atoms with van der Waals surface area (Å²) in [5.74, 6) is -0.317. The van der Waals surface area contributed by atoms with Gasteiger partial charge in [0.15, 0.2) is 5.79 Å². The fraction of sp³-hybridized carbons (Fsp3) is 1.00. The van der Waals surface area contributed by atoms with Crippen molar-refractivity contribution >= 4 is 0 Å². The lowest BCUT2D eigenvalue weighted by Crippen LogP contribution is -2.42. The molecule has 1 fully saturated rings. The van der Waals surface area contributed by atoms with E-state index in [9.17, 15) is 0 Å². The molecule has 78 valence electrons. The number of ether oxygens (including phenoxy) is 3. The molecule has 0 aliphatic carbocycles. The Balaban J connectivity index is 2.60. The molecule has 1 heterocycles. The summed E-state index contributed by atoms with van der Waals surface area (Å²) < 4.78 is 16.4. The van der Waals surface area contributed by atoms with Gasteiger partial charge in [0.25, 0.3) is 0 Å². The SMILES string of the molecule is COCC1(C(C)C)OCC(CN)O1. The zero-order valence-electron chi connectivity index (χ0n) is 8.58. The van der Waals surface area contributed by atoms with Crippen molar-refractivity contribution in [3.8, 4) is 0 Å². The molecule has 0 saturated carbocycles. The highest BCUT2D eigenvalue weighted by Gasteiger charge is 2.43. The zero-order valence-corrected chi connectivity index (χ0v) is 8.58. The molecule has 1 aliphatic rings. The van der Waals surface area contributed by atoms with E-state index < -0.39 is 5.79 Å². The maximum Gasteiger partial charge on any atom is 0.194 e. The third kappa shape index (κ3) is 2.20. The number of methoxy groups -OCH3 is 1. The predicted molar refractivity (Wildman–Crippen MR) is 49.3 cm³/mol. The minimum absolute atomic E-state index is 0.0116. The van der Waals surface area contributed by atoms with Gasteiger partial charge in [0, 0.05) is 19.6 Å². The van der Waals surface area contributed by atoms with Crippen LogP contribution in [0.15, 0.2) is 0 Å². The first-order chi connectivity index (χ1) is 6.14. The van der Waals surface area contributed by atoms with Gasteiger partial charge in [0.2, 0.25) is 0 Å². The first-order valence-electron chi connectivity index (χ1n) is 4.65. The van der Waals surface area contributed by atoms with Crippen LogP contribution in [0.5, 0.6) is 0 Å². The summed E-state index contributed by atoms with van der Waals surface area (Å²) in [6, 6.07) is 0. The highest BCUT2D eigenvalue weighted by Crippen LogP contribution is 2.31. The Morgan fingerprint density at radius 3 is 2.69 bits per heavy atom. The van der Waals surface area contributed by atoms with Crippen LogP contribution in [0.3, 0.4) is 0 Å². The third-order valence-electron chi connectivity index (χ3n) is 2.37. The molecule has 2 atom stereocenters. The molecule has 0 radical (unpaired) electrons. The van der Waals surface area contributed by atoms with E-state index in [2.05, 4.69) is 13.8 Å². The summed E-state index contributed by atoms with van der Waals surface area (Å²) in [6.07, 6.45) is 0.0116. The van der Waals surface area contributed by atoms with E-state index in [0.29, 0.717) is 19.8 Å². The Bertz CT molecular complexity index is 163. The van der Waals surface area contributed by atoms with E-state index in [4.69, 9.17) is 19.9 Å². The predicted octanol–water partition coefficient (Wildman–Crippen LogP) is 0.359. The van der Waals surface area contributed by atoms with E-state index >= 15 is 0 Å². The van der Waals surface area contributed by atoms with Crippen molar-refractivity contribution in [3.05, 3.63) is 0 Å². The summed E-state index contributed by atoms with van der Waals surface area (Å²) in [7, 11) is 1.65. The molecular weight excluding hydrogens is 170 g/mol. The number of hydrogen-bond donors (Lipinski definition) is 1. The second-order valence-electron chi connectivity index (χ2n) is 3.69. The average Bonchev–Trinajstić information content (AvgIpc) is 2.50. The Morgan fingerprint density at radius 2 is 2.31 bits per heavy atom. The topological polar surface area (TPSA) is 53.7 Å². The van der Waals surface area contributed by atoms with Gasteiger partial charge in [-0.3, -0.25) is 0 Å². The lowest BCUT2D eigenvalue weighted by atomic mass is 10.0. The van der Waals surface area contributed by atoms with Crippen LogP contribution in [-0.2, 0) is 14.2 Å². The van der Waals surface area contributed by atoms with Crippen molar-refractivity contribution in [2.75, 3.05) is 26.9 Å². The van der Waals surface area contributed by atoms with Crippen LogP contribution in [0.25, 0.3) is 0 Å². The van der Waals surface area contributed by atoms with E-state index in [-0.39, 0.29) is 12.0 Å². The normalized spacial score (nSPS) is 34.4. The van der Waals surface area contributed by atoms with Gasteiger partial charge in [0.05, 0.1) is 12.7 Å². The molecule has 1 saturated heterocycles. The molecule has 0 amide bonds. The monoisotopic (exact) mass is 189 g/mol. The molecule has 4 heteroatoms. The Hall–Kier alpha value is -0.160. The molecule has 2 unspecified atom stereocenters. The molecule has 1 rings (SSSR count). The van der Waals surface area contributed by atoms with Gasteiger partial charge in [-0.2, -0.15) is 0 Å². The maximum absolute atomic E-state index is 5.73. The van der Waals surface area contributed by atoms with Crippen LogP contribution in [0.4, 0.5) is 0 Å². The first-order valence-corrected chi connectivity index (χ1v) is 4.65. The standard InChI is InChI=1S/C9H19NO3/c1-7(2)9(6-11-3)12-5-8(4-10)13-9/h7-8H,4-6,10H2,1-3H3. The van der Waals surface area contributed by atoms with E-state index in [0.717, 1.165) is 0 Å². The van der Waals surface area contributed by atoms with E-state index in [1.807, 2.05) is 0 Å². The molecule has 1 aliphatic heterocycles. The number of hydrogen-bond acceptors (Lipinski definition) is 4. The molecule has 0 aromatic heterocycles. The van der Waals surface area contributed by atoms with Crippen LogP contribution >= 0.6 is 0 Å². The molecule has 0 aromatic carbocycles. The molecule has 4 nitrogen and oxygen atoms in total. The highest BCUT2D eigenvalue weighted by molar-refractivity contribution is 4.82. The molecular formula is C9H19NO3. The Kier molecular flexibility index (Phi) is 3.67. The van der Waals surface area contributed by atoms with Gasteiger partial charge in [-0.05, 0) is 0 Å². The first kappa shape index (κ1) is 10.9. The van der Waals surface area contributed by atoms with Gasteiger partial charge in [-0.15, -0.1) is 0 Å². The van der Waals surface area contributed by atoms with Crippen molar-refractivity contribution in [1.29, 1.82) is 0 Å². The summed E-state index contributed by atoms with van der Waals surface area (Å²) in [6.45, 7) is 5.63. The molecule has 0 spiro atoms. The lowest BCUT2D eigenvalue weighted by molar-refractivity contribution is -0.223. The van der Waals surface area contributed by atoms with Gasteiger partial charge < -0.3 is 19.9 Å². The smallest absolute Gasteiger partial charge is 0.194 e. The van der Waals surface area contributed by atoms with E-state index in [1.54, 1.807) is 7.11 Å². The number of rotatable bonds is 4. The van der Waals surface area contributed by atoms with Crippen LogP contribution < -0.4 is 5.73 Å². The van der Waals surface area contributed by atoms with Crippen molar-refractivity contribution < 1.29 is 14.2 Å². The average molecular weight is 189 g/mol. The Labute approximate surface area is 79.3 Å².